The van der Waals surface area contributed by atoms with Crippen molar-refractivity contribution >= 4 is 11.3 Å². The van der Waals surface area contributed by atoms with Gasteiger partial charge in [-0.3, -0.25) is 0 Å². The van der Waals surface area contributed by atoms with Crippen molar-refractivity contribution in [3.05, 3.63) is 35.1 Å². The van der Waals surface area contributed by atoms with Crippen LogP contribution in [0, 0.1) is 5.82 Å². The number of hydrogen-bond acceptors (Lipinski definition) is 5. The van der Waals surface area contributed by atoms with E-state index in [4.69, 9.17) is 4.74 Å². The van der Waals surface area contributed by atoms with Crippen molar-refractivity contribution in [2.24, 2.45) is 0 Å². The standard InChI is InChI=1S/C11H12FN3OS/c1-2-13-7-10-14-15-11(17-10)16-9-6-4-3-5-8(9)12/h3-6,13H,2,7H2,1H3. The molecule has 0 aliphatic carbocycles. The number of para-hydroxylation sites is 1. The summed E-state index contributed by atoms with van der Waals surface area (Å²) in [4.78, 5) is 0. The number of nitrogens with zero attached hydrogens (tertiary/aromatic N) is 2. The van der Waals surface area contributed by atoms with Gasteiger partial charge in [0.15, 0.2) is 11.6 Å². The Morgan fingerprint density at radius 3 is 2.94 bits per heavy atom. The maximum atomic E-state index is 13.3. The first-order valence-corrected chi connectivity index (χ1v) is 6.06. The summed E-state index contributed by atoms with van der Waals surface area (Å²) in [5, 5.41) is 12.1. The summed E-state index contributed by atoms with van der Waals surface area (Å²) >= 11 is 1.30. The Morgan fingerprint density at radius 1 is 1.35 bits per heavy atom. The second-order valence-electron chi connectivity index (χ2n) is 3.27. The number of aromatic nitrogens is 2. The van der Waals surface area contributed by atoms with E-state index in [1.165, 1.54) is 17.4 Å². The molecule has 1 N–H and O–H groups in total. The number of benzene rings is 1. The maximum Gasteiger partial charge on any atom is 0.299 e. The molecule has 0 radical (unpaired) electrons. The second kappa shape index (κ2) is 5.70. The lowest BCUT2D eigenvalue weighted by Crippen LogP contribution is -2.11. The molecule has 90 valence electrons. The molecule has 17 heavy (non-hydrogen) atoms. The first kappa shape index (κ1) is 11.9. The van der Waals surface area contributed by atoms with Gasteiger partial charge in [-0.05, 0) is 18.7 Å². The summed E-state index contributed by atoms with van der Waals surface area (Å²) in [5.41, 5.74) is 0. The SMILES string of the molecule is CCNCc1nnc(Oc2ccccc2F)s1. The van der Waals surface area contributed by atoms with Crippen LogP contribution in [0.5, 0.6) is 10.9 Å². The van der Waals surface area contributed by atoms with Crippen LogP contribution < -0.4 is 10.1 Å². The summed E-state index contributed by atoms with van der Waals surface area (Å²) in [5.74, 6) is -0.241. The summed E-state index contributed by atoms with van der Waals surface area (Å²) in [6, 6.07) is 6.22. The van der Waals surface area contributed by atoms with Crippen LogP contribution in [-0.2, 0) is 6.54 Å². The highest BCUT2D eigenvalue weighted by Crippen LogP contribution is 2.26. The van der Waals surface area contributed by atoms with E-state index in [1.54, 1.807) is 18.2 Å². The van der Waals surface area contributed by atoms with E-state index in [9.17, 15) is 4.39 Å². The molecule has 0 saturated heterocycles. The van der Waals surface area contributed by atoms with Gasteiger partial charge in [0, 0.05) is 6.54 Å². The fraction of sp³-hybridized carbons (Fsp3) is 0.273. The largest absolute Gasteiger partial charge is 0.427 e. The highest BCUT2D eigenvalue weighted by Gasteiger charge is 2.08. The zero-order valence-corrected chi connectivity index (χ0v) is 10.1. The van der Waals surface area contributed by atoms with Gasteiger partial charge in [-0.15, -0.1) is 5.10 Å². The lowest BCUT2D eigenvalue weighted by atomic mass is 10.3. The third kappa shape index (κ3) is 3.21. The Balaban J connectivity index is 2.04. The van der Waals surface area contributed by atoms with Crippen LogP contribution in [-0.4, -0.2) is 16.7 Å². The first-order valence-electron chi connectivity index (χ1n) is 5.25. The number of hydrogen-bond donors (Lipinski definition) is 1. The Hall–Kier alpha value is -1.53. The minimum absolute atomic E-state index is 0.165. The minimum Gasteiger partial charge on any atom is -0.427 e. The highest BCUT2D eigenvalue weighted by atomic mass is 32.1. The van der Waals surface area contributed by atoms with Crippen LogP contribution in [0.15, 0.2) is 24.3 Å². The molecule has 0 atom stereocenters. The molecule has 0 aliphatic rings. The zero-order chi connectivity index (χ0) is 12.1. The van der Waals surface area contributed by atoms with Gasteiger partial charge in [-0.1, -0.05) is 35.5 Å². The Bertz CT molecular complexity index is 489. The summed E-state index contributed by atoms with van der Waals surface area (Å²) in [6.45, 7) is 3.52. The molecule has 4 nitrogen and oxygen atoms in total. The summed E-state index contributed by atoms with van der Waals surface area (Å²) in [7, 11) is 0. The topological polar surface area (TPSA) is 47.0 Å². The Morgan fingerprint density at radius 2 is 2.18 bits per heavy atom. The van der Waals surface area contributed by atoms with Gasteiger partial charge in [-0.25, -0.2) is 4.39 Å². The third-order valence-corrected chi connectivity index (χ3v) is 2.81. The molecule has 0 spiro atoms. The van der Waals surface area contributed by atoms with Crippen molar-refractivity contribution in [1.29, 1.82) is 0 Å². The lowest BCUT2D eigenvalue weighted by molar-refractivity contribution is 0.435. The quantitative estimate of drug-likeness (QED) is 0.889. The van der Waals surface area contributed by atoms with E-state index in [-0.39, 0.29) is 5.75 Å². The third-order valence-electron chi connectivity index (χ3n) is 2.01. The normalized spacial score (nSPS) is 10.5. The molecule has 0 aliphatic heterocycles. The molecular formula is C11H12FN3OS. The molecule has 6 heteroatoms. The molecule has 1 aromatic heterocycles. The molecule has 0 fully saturated rings. The number of ether oxygens (including phenoxy) is 1. The van der Waals surface area contributed by atoms with E-state index < -0.39 is 5.82 Å². The maximum absolute atomic E-state index is 13.3. The molecule has 2 aromatic rings. The Labute approximate surface area is 102 Å². The van der Waals surface area contributed by atoms with Crippen molar-refractivity contribution in [2.75, 3.05) is 6.54 Å². The van der Waals surface area contributed by atoms with Gasteiger partial charge in [0.2, 0.25) is 0 Å². The second-order valence-corrected chi connectivity index (χ2v) is 4.30. The average Bonchev–Trinajstić information content (AvgIpc) is 2.77. The number of halogens is 1. The highest BCUT2D eigenvalue weighted by molar-refractivity contribution is 7.13. The molecule has 1 aromatic carbocycles. The fourth-order valence-corrected chi connectivity index (χ4v) is 1.87. The monoisotopic (exact) mass is 253 g/mol. The molecule has 1 heterocycles. The van der Waals surface area contributed by atoms with Gasteiger partial charge in [0.05, 0.1) is 0 Å². The van der Waals surface area contributed by atoms with Crippen LogP contribution in [0.2, 0.25) is 0 Å². The lowest BCUT2D eigenvalue weighted by Gasteiger charge is -2.00. The van der Waals surface area contributed by atoms with E-state index in [0.29, 0.717) is 11.7 Å². The summed E-state index contributed by atoms with van der Waals surface area (Å²) in [6.07, 6.45) is 0. The predicted molar refractivity (Wildman–Crippen MR) is 63.8 cm³/mol. The zero-order valence-electron chi connectivity index (χ0n) is 9.31. The molecule has 0 saturated carbocycles. The molecule has 2 rings (SSSR count). The molecule has 0 bridgehead atoms. The fourth-order valence-electron chi connectivity index (χ4n) is 1.20. The Kier molecular flexibility index (Phi) is 4.00. The van der Waals surface area contributed by atoms with Gasteiger partial charge in [0.25, 0.3) is 5.19 Å². The van der Waals surface area contributed by atoms with Crippen LogP contribution >= 0.6 is 11.3 Å². The van der Waals surface area contributed by atoms with Gasteiger partial charge < -0.3 is 10.1 Å². The van der Waals surface area contributed by atoms with E-state index in [1.807, 2.05) is 6.92 Å². The predicted octanol–water partition coefficient (Wildman–Crippen LogP) is 2.58. The van der Waals surface area contributed by atoms with Crippen LogP contribution in [0.25, 0.3) is 0 Å². The van der Waals surface area contributed by atoms with Crippen LogP contribution in [0.4, 0.5) is 4.39 Å². The van der Waals surface area contributed by atoms with Crippen molar-refractivity contribution < 1.29 is 9.13 Å². The van der Waals surface area contributed by atoms with Crippen molar-refractivity contribution in [2.45, 2.75) is 13.5 Å². The van der Waals surface area contributed by atoms with Crippen molar-refractivity contribution in [3.8, 4) is 10.9 Å². The molecule has 0 amide bonds. The van der Waals surface area contributed by atoms with E-state index >= 15 is 0 Å². The van der Waals surface area contributed by atoms with Gasteiger partial charge in [0.1, 0.15) is 5.01 Å². The molecule has 0 unspecified atom stereocenters. The van der Waals surface area contributed by atoms with Crippen LogP contribution in [0.1, 0.15) is 11.9 Å². The summed E-state index contributed by atoms with van der Waals surface area (Å²) < 4.78 is 18.6. The smallest absolute Gasteiger partial charge is 0.299 e. The van der Waals surface area contributed by atoms with Crippen molar-refractivity contribution in [1.82, 2.24) is 15.5 Å². The van der Waals surface area contributed by atoms with Crippen molar-refractivity contribution in [3.63, 3.8) is 0 Å². The van der Waals surface area contributed by atoms with Crippen LogP contribution in [0.3, 0.4) is 0 Å². The van der Waals surface area contributed by atoms with Gasteiger partial charge >= 0.3 is 0 Å². The minimum atomic E-state index is -0.407. The number of nitrogens with one attached hydrogen (secondary N) is 1. The van der Waals surface area contributed by atoms with E-state index in [0.717, 1.165) is 11.6 Å². The average molecular weight is 253 g/mol. The van der Waals surface area contributed by atoms with Gasteiger partial charge in [-0.2, -0.15) is 0 Å². The van der Waals surface area contributed by atoms with E-state index in [2.05, 4.69) is 15.5 Å². The first-order chi connectivity index (χ1) is 8.29. The molecular weight excluding hydrogens is 241 g/mol. The number of rotatable bonds is 5.